The van der Waals surface area contributed by atoms with Crippen molar-refractivity contribution in [1.82, 2.24) is 14.6 Å². The summed E-state index contributed by atoms with van der Waals surface area (Å²) >= 11 is 0. The Bertz CT molecular complexity index is 1180. The Morgan fingerprint density at radius 3 is 2.19 bits per heavy atom. The van der Waals surface area contributed by atoms with E-state index in [9.17, 15) is 0 Å². The average Bonchev–Trinajstić information content (AvgIpc) is 3.18. The summed E-state index contributed by atoms with van der Waals surface area (Å²) in [6, 6.07) is 30.2. The summed E-state index contributed by atoms with van der Waals surface area (Å²) in [4.78, 5) is 4.49. The second-order valence-electron chi connectivity index (χ2n) is 5.91. The molecule has 0 atom stereocenters. The van der Waals surface area contributed by atoms with Crippen LogP contribution >= 0.6 is 0 Å². The van der Waals surface area contributed by atoms with Crippen LogP contribution in [-0.4, -0.2) is 14.6 Å². The van der Waals surface area contributed by atoms with Crippen molar-refractivity contribution in [3.63, 3.8) is 0 Å². The minimum atomic E-state index is 0. The van der Waals surface area contributed by atoms with E-state index in [0.29, 0.717) is 0 Å². The van der Waals surface area contributed by atoms with Crippen LogP contribution < -0.4 is 0 Å². The van der Waals surface area contributed by atoms with Crippen molar-refractivity contribution in [2.75, 3.05) is 0 Å². The molecule has 3 aromatic carbocycles. The van der Waals surface area contributed by atoms with Gasteiger partial charge in [0.15, 0.2) is 0 Å². The van der Waals surface area contributed by atoms with Gasteiger partial charge in [0.25, 0.3) is 0 Å². The van der Waals surface area contributed by atoms with E-state index in [0.717, 1.165) is 38.8 Å². The predicted octanol–water partition coefficient (Wildman–Crippen LogP) is 5.01. The summed E-state index contributed by atoms with van der Waals surface area (Å²) in [5.41, 5.74) is 5.29. The smallest absolute Gasteiger partial charge is 0.127 e. The SMILES string of the molecule is [Ir].[c-]1cccc2c(-c3ccccc3)c(-c3ccccc3)n3ncnc3c12. The van der Waals surface area contributed by atoms with Crippen LogP contribution in [0, 0.1) is 6.07 Å². The van der Waals surface area contributed by atoms with Gasteiger partial charge in [-0.1, -0.05) is 71.4 Å². The topological polar surface area (TPSA) is 30.2 Å². The summed E-state index contributed by atoms with van der Waals surface area (Å²) in [6.45, 7) is 0. The molecule has 1 radical (unpaired) electrons. The maximum Gasteiger partial charge on any atom is 0.127 e. The number of rotatable bonds is 2. The Kier molecular flexibility index (Phi) is 4.37. The van der Waals surface area contributed by atoms with Gasteiger partial charge in [0.1, 0.15) is 6.33 Å². The first-order chi connectivity index (χ1) is 12.4. The van der Waals surface area contributed by atoms with Gasteiger partial charge in [0.05, 0.1) is 11.3 Å². The van der Waals surface area contributed by atoms with Crippen LogP contribution in [-0.2, 0) is 20.1 Å². The minimum absolute atomic E-state index is 0. The fourth-order valence-corrected chi connectivity index (χ4v) is 3.40. The Morgan fingerprint density at radius 2 is 1.46 bits per heavy atom. The van der Waals surface area contributed by atoms with Crippen molar-refractivity contribution in [1.29, 1.82) is 0 Å². The van der Waals surface area contributed by atoms with Crippen LogP contribution in [0.15, 0.2) is 85.2 Å². The Balaban J connectivity index is 0.00000168. The van der Waals surface area contributed by atoms with E-state index < -0.39 is 0 Å². The first-order valence-corrected chi connectivity index (χ1v) is 8.20. The van der Waals surface area contributed by atoms with Crippen LogP contribution in [0.2, 0.25) is 0 Å². The largest absolute Gasteiger partial charge is 0.264 e. The van der Waals surface area contributed by atoms with Crippen molar-refractivity contribution < 1.29 is 20.1 Å². The first-order valence-electron chi connectivity index (χ1n) is 8.20. The number of hydrogen-bond acceptors (Lipinski definition) is 2. The summed E-state index contributed by atoms with van der Waals surface area (Å²) in [6.07, 6.45) is 1.61. The van der Waals surface area contributed by atoms with E-state index in [1.807, 2.05) is 40.9 Å². The van der Waals surface area contributed by atoms with E-state index >= 15 is 0 Å². The molecule has 2 heterocycles. The molecule has 0 aliphatic heterocycles. The summed E-state index contributed by atoms with van der Waals surface area (Å²) in [5.74, 6) is 0. The number of pyridine rings is 1. The predicted molar refractivity (Wildman–Crippen MR) is 100 cm³/mol. The van der Waals surface area contributed by atoms with Gasteiger partial charge in [-0.2, -0.15) is 5.10 Å². The summed E-state index contributed by atoms with van der Waals surface area (Å²) in [5, 5.41) is 6.63. The second-order valence-corrected chi connectivity index (χ2v) is 5.91. The monoisotopic (exact) mass is 513 g/mol. The van der Waals surface area contributed by atoms with Crippen LogP contribution in [0.4, 0.5) is 0 Å². The molecular weight excluding hydrogens is 498 g/mol. The molecule has 26 heavy (non-hydrogen) atoms. The molecule has 0 fully saturated rings. The first kappa shape index (κ1) is 16.6. The molecule has 0 saturated carbocycles. The molecule has 0 unspecified atom stereocenters. The summed E-state index contributed by atoms with van der Waals surface area (Å²) < 4.78 is 1.93. The van der Waals surface area contributed by atoms with Crippen molar-refractivity contribution >= 4 is 16.4 Å². The van der Waals surface area contributed by atoms with Crippen molar-refractivity contribution in [3.8, 4) is 22.4 Å². The number of hydrogen-bond donors (Lipinski definition) is 0. The molecule has 0 aliphatic carbocycles. The van der Waals surface area contributed by atoms with E-state index in [1.165, 1.54) is 0 Å². The van der Waals surface area contributed by atoms with Gasteiger partial charge in [-0.05, 0) is 16.7 Å². The standard InChI is InChI=1S/C22H14N3.Ir/c1-3-9-16(10-4-1)20-18-13-7-8-14-19(18)22-23-15-24-25(22)21(20)17-11-5-2-6-12-17;/h1-13,15H;/q-1;. The second kappa shape index (κ2) is 6.83. The van der Waals surface area contributed by atoms with Gasteiger partial charge >= 0.3 is 0 Å². The quantitative estimate of drug-likeness (QED) is 0.311. The normalized spacial score (nSPS) is 10.8. The molecule has 0 bridgehead atoms. The van der Waals surface area contributed by atoms with Gasteiger partial charge in [0, 0.05) is 20.1 Å². The molecule has 5 aromatic rings. The number of nitrogens with zero attached hydrogens (tertiary/aromatic N) is 3. The molecule has 0 N–H and O–H groups in total. The van der Waals surface area contributed by atoms with Crippen molar-refractivity contribution in [2.24, 2.45) is 0 Å². The third kappa shape index (κ3) is 2.55. The molecule has 0 aliphatic rings. The maximum atomic E-state index is 4.52. The average molecular weight is 513 g/mol. The number of fused-ring (bicyclic) bond motifs is 3. The van der Waals surface area contributed by atoms with Crippen LogP contribution in [0.25, 0.3) is 38.8 Å². The van der Waals surface area contributed by atoms with Crippen molar-refractivity contribution in [3.05, 3.63) is 91.3 Å². The van der Waals surface area contributed by atoms with E-state index in [1.54, 1.807) is 6.33 Å². The third-order valence-corrected chi connectivity index (χ3v) is 4.46. The third-order valence-electron chi connectivity index (χ3n) is 4.46. The van der Waals surface area contributed by atoms with Gasteiger partial charge in [0.2, 0.25) is 0 Å². The Hall–Kier alpha value is -2.81. The zero-order valence-electron chi connectivity index (χ0n) is 13.8. The molecule has 3 nitrogen and oxygen atoms in total. The molecule has 0 spiro atoms. The molecule has 127 valence electrons. The van der Waals surface area contributed by atoms with E-state index in [4.69, 9.17) is 0 Å². The zero-order chi connectivity index (χ0) is 16.6. The maximum absolute atomic E-state index is 4.52. The van der Waals surface area contributed by atoms with E-state index in [-0.39, 0.29) is 20.1 Å². The van der Waals surface area contributed by atoms with Gasteiger partial charge < -0.3 is 0 Å². The fraction of sp³-hybridized carbons (Fsp3) is 0. The van der Waals surface area contributed by atoms with Gasteiger partial charge in [-0.3, -0.25) is 9.50 Å². The summed E-state index contributed by atoms with van der Waals surface area (Å²) in [7, 11) is 0. The molecule has 2 aromatic heterocycles. The molecule has 4 heteroatoms. The fourth-order valence-electron chi connectivity index (χ4n) is 3.40. The van der Waals surface area contributed by atoms with Gasteiger partial charge in [-0.25, -0.2) is 0 Å². The molecule has 0 amide bonds. The minimum Gasteiger partial charge on any atom is -0.264 e. The number of benzene rings is 3. The Labute approximate surface area is 164 Å². The van der Waals surface area contributed by atoms with Crippen LogP contribution in [0.3, 0.4) is 0 Å². The molecule has 0 saturated heterocycles. The number of aromatic nitrogens is 3. The van der Waals surface area contributed by atoms with Crippen LogP contribution in [0.5, 0.6) is 0 Å². The molecule has 5 rings (SSSR count). The molecular formula is C22H14IrN3-. The van der Waals surface area contributed by atoms with Crippen LogP contribution in [0.1, 0.15) is 0 Å². The Morgan fingerprint density at radius 1 is 0.769 bits per heavy atom. The zero-order valence-corrected chi connectivity index (χ0v) is 16.2. The van der Waals surface area contributed by atoms with Crippen molar-refractivity contribution in [2.45, 2.75) is 0 Å². The van der Waals surface area contributed by atoms with E-state index in [2.05, 4.69) is 58.6 Å². The van der Waals surface area contributed by atoms with Gasteiger partial charge in [-0.15, -0.1) is 24.3 Å².